The van der Waals surface area contributed by atoms with Crippen LogP contribution in [0.15, 0.2) is 53.3 Å². The third-order valence-corrected chi connectivity index (χ3v) is 3.66. The van der Waals surface area contributed by atoms with E-state index in [4.69, 9.17) is 4.74 Å². The molecule has 1 atom stereocenters. The molecule has 0 bridgehead atoms. The summed E-state index contributed by atoms with van der Waals surface area (Å²) in [5.41, 5.74) is 1.85. The molecule has 0 saturated carbocycles. The van der Waals surface area contributed by atoms with E-state index in [1.165, 1.54) is 6.08 Å². The number of nitrogens with one attached hydrogen (secondary N) is 1. The van der Waals surface area contributed by atoms with Crippen LogP contribution in [0, 0.1) is 0 Å². The molecule has 0 saturated heterocycles. The Balaban J connectivity index is 2.04. The molecular weight excluding hydrogens is 344 g/mol. The number of hydrogen-bond acceptors (Lipinski definition) is 3. The molecule has 22 heavy (non-hydrogen) atoms. The zero-order chi connectivity index (χ0) is 15.9. The topological polar surface area (TPSA) is 51.2 Å². The first-order chi connectivity index (χ1) is 10.6. The van der Waals surface area contributed by atoms with Gasteiger partial charge in [-0.2, -0.15) is 0 Å². The number of aromatic nitrogens is 1. The van der Waals surface area contributed by atoms with Gasteiger partial charge in [0.1, 0.15) is 5.75 Å². The fraction of sp³-hybridized carbons (Fsp3) is 0.176. The fourth-order valence-corrected chi connectivity index (χ4v) is 2.38. The zero-order valence-electron chi connectivity index (χ0n) is 12.4. The van der Waals surface area contributed by atoms with Gasteiger partial charge in [-0.15, -0.1) is 0 Å². The zero-order valence-corrected chi connectivity index (χ0v) is 14.0. The van der Waals surface area contributed by atoms with Crippen LogP contribution in [0.2, 0.25) is 0 Å². The van der Waals surface area contributed by atoms with Gasteiger partial charge >= 0.3 is 0 Å². The minimum absolute atomic E-state index is 0.0791. The summed E-state index contributed by atoms with van der Waals surface area (Å²) >= 11 is 3.41. The Hall–Kier alpha value is -2.14. The molecule has 0 spiro atoms. The molecule has 0 aliphatic carbocycles. The van der Waals surface area contributed by atoms with E-state index in [0.29, 0.717) is 0 Å². The molecule has 0 aliphatic rings. The number of ether oxygens (including phenoxy) is 1. The number of benzene rings is 1. The van der Waals surface area contributed by atoms with Gasteiger partial charge in [-0.3, -0.25) is 9.78 Å². The number of nitrogens with zero attached hydrogens (tertiary/aromatic N) is 1. The first kappa shape index (κ1) is 16.2. The molecule has 2 aromatic rings. The summed E-state index contributed by atoms with van der Waals surface area (Å²) in [6, 6.07) is 9.32. The highest BCUT2D eigenvalue weighted by Crippen LogP contribution is 2.24. The molecule has 0 aliphatic heterocycles. The summed E-state index contributed by atoms with van der Waals surface area (Å²) < 4.78 is 6.20. The van der Waals surface area contributed by atoms with Gasteiger partial charge in [-0.1, -0.05) is 15.9 Å². The van der Waals surface area contributed by atoms with E-state index in [2.05, 4.69) is 26.2 Å². The average Bonchev–Trinajstić information content (AvgIpc) is 2.54. The van der Waals surface area contributed by atoms with Crippen molar-refractivity contribution in [3.05, 3.63) is 64.4 Å². The van der Waals surface area contributed by atoms with E-state index in [1.54, 1.807) is 25.6 Å². The summed E-state index contributed by atoms with van der Waals surface area (Å²) in [7, 11) is 1.60. The van der Waals surface area contributed by atoms with E-state index < -0.39 is 0 Å². The minimum Gasteiger partial charge on any atom is -0.496 e. The van der Waals surface area contributed by atoms with Crippen molar-refractivity contribution in [2.45, 2.75) is 13.0 Å². The van der Waals surface area contributed by atoms with Crippen LogP contribution in [0.1, 0.15) is 24.1 Å². The van der Waals surface area contributed by atoms with Gasteiger partial charge in [0.2, 0.25) is 5.91 Å². The predicted octanol–water partition coefficient (Wildman–Crippen LogP) is 3.74. The summed E-state index contributed by atoms with van der Waals surface area (Å²) in [4.78, 5) is 16.0. The molecular formula is C17H17BrN2O2. The molecule has 1 heterocycles. The van der Waals surface area contributed by atoms with Crippen molar-refractivity contribution in [1.82, 2.24) is 10.3 Å². The lowest BCUT2D eigenvalue weighted by Gasteiger charge is -2.12. The molecule has 0 radical (unpaired) electrons. The quantitative estimate of drug-likeness (QED) is 0.826. The van der Waals surface area contributed by atoms with Crippen LogP contribution >= 0.6 is 15.9 Å². The Morgan fingerprint density at radius 1 is 1.32 bits per heavy atom. The fourth-order valence-electron chi connectivity index (χ4n) is 2.00. The van der Waals surface area contributed by atoms with Crippen LogP contribution < -0.4 is 10.1 Å². The predicted molar refractivity (Wildman–Crippen MR) is 90.5 cm³/mol. The van der Waals surface area contributed by atoms with Gasteiger partial charge in [-0.25, -0.2) is 0 Å². The van der Waals surface area contributed by atoms with Crippen LogP contribution in [-0.2, 0) is 4.79 Å². The van der Waals surface area contributed by atoms with Gasteiger partial charge in [0.15, 0.2) is 0 Å². The maximum absolute atomic E-state index is 12.0. The molecule has 114 valence electrons. The number of methoxy groups -OCH3 is 1. The number of carbonyl (C=O) groups excluding carboxylic acids is 1. The van der Waals surface area contributed by atoms with Gasteiger partial charge in [-0.05, 0) is 48.9 Å². The minimum atomic E-state index is -0.161. The number of hydrogen-bond donors (Lipinski definition) is 1. The first-order valence-electron chi connectivity index (χ1n) is 6.82. The second-order valence-electron chi connectivity index (χ2n) is 4.73. The Morgan fingerprint density at radius 2 is 2.05 bits per heavy atom. The second-order valence-corrected chi connectivity index (χ2v) is 5.65. The summed E-state index contributed by atoms with van der Waals surface area (Å²) in [5, 5.41) is 2.91. The molecule has 1 amide bonds. The van der Waals surface area contributed by atoms with E-state index in [9.17, 15) is 4.79 Å². The first-order valence-corrected chi connectivity index (χ1v) is 7.61. The van der Waals surface area contributed by atoms with Crippen molar-refractivity contribution in [3.8, 4) is 5.75 Å². The van der Waals surface area contributed by atoms with Crippen molar-refractivity contribution in [2.24, 2.45) is 0 Å². The highest BCUT2D eigenvalue weighted by Gasteiger charge is 2.07. The smallest absolute Gasteiger partial charge is 0.244 e. The normalized spacial score (nSPS) is 12.1. The molecule has 5 heteroatoms. The van der Waals surface area contributed by atoms with E-state index in [1.807, 2.05) is 37.3 Å². The molecule has 0 fully saturated rings. The molecule has 1 N–H and O–H groups in total. The number of rotatable bonds is 5. The number of carbonyl (C=O) groups is 1. The molecule has 1 aromatic heterocycles. The van der Waals surface area contributed by atoms with Crippen LogP contribution in [-0.4, -0.2) is 18.0 Å². The molecule has 1 unspecified atom stereocenters. The van der Waals surface area contributed by atoms with Gasteiger partial charge < -0.3 is 10.1 Å². The van der Waals surface area contributed by atoms with Gasteiger partial charge in [0, 0.05) is 28.5 Å². The maximum atomic E-state index is 12.0. The highest BCUT2D eigenvalue weighted by atomic mass is 79.9. The second kappa shape index (κ2) is 7.75. The average molecular weight is 361 g/mol. The standard InChI is InChI=1S/C17H17BrN2O2/c1-12(13-7-9-19-10-8-13)20-17(21)6-3-14-11-15(18)4-5-16(14)22-2/h3-12H,1-2H3,(H,20,21). The van der Waals surface area contributed by atoms with E-state index in [0.717, 1.165) is 21.3 Å². The number of halogens is 1. The van der Waals surface area contributed by atoms with Crippen LogP contribution in [0.25, 0.3) is 6.08 Å². The lowest BCUT2D eigenvalue weighted by molar-refractivity contribution is -0.117. The largest absolute Gasteiger partial charge is 0.496 e. The third kappa shape index (κ3) is 4.43. The Morgan fingerprint density at radius 3 is 2.73 bits per heavy atom. The van der Waals surface area contributed by atoms with Gasteiger partial charge in [0.05, 0.1) is 13.2 Å². The molecule has 2 rings (SSSR count). The Bertz CT molecular complexity index is 672. The third-order valence-electron chi connectivity index (χ3n) is 3.17. The molecule has 1 aromatic carbocycles. The molecule has 4 nitrogen and oxygen atoms in total. The van der Waals surface area contributed by atoms with Crippen LogP contribution in [0.4, 0.5) is 0 Å². The maximum Gasteiger partial charge on any atom is 0.244 e. The van der Waals surface area contributed by atoms with E-state index >= 15 is 0 Å². The summed E-state index contributed by atoms with van der Waals surface area (Å²) in [6.07, 6.45) is 6.65. The lowest BCUT2D eigenvalue weighted by Crippen LogP contribution is -2.24. The highest BCUT2D eigenvalue weighted by molar-refractivity contribution is 9.10. The summed E-state index contributed by atoms with van der Waals surface area (Å²) in [6.45, 7) is 1.93. The van der Waals surface area contributed by atoms with Crippen molar-refractivity contribution in [2.75, 3.05) is 7.11 Å². The SMILES string of the molecule is COc1ccc(Br)cc1C=CC(=O)NC(C)c1ccncc1. The summed E-state index contributed by atoms with van der Waals surface area (Å²) in [5.74, 6) is 0.556. The van der Waals surface area contributed by atoms with Crippen molar-refractivity contribution < 1.29 is 9.53 Å². The Labute approximate surface area is 138 Å². The van der Waals surface area contributed by atoms with Crippen LogP contribution in [0.3, 0.4) is 0 Å². The Kier molecular flexibility index (Phi) is 5.72. The monoisotopic (exact) mass is 360 g/mol. The number of amides is 1. The van der Waals surface area contributed by atoms with Crippen molar-refractivity contribution in [3.63, 3.8) is 0 Å². The number of pyridine rings is 1. The van der Waals surface area contributed by atoms with Gasteiger partial charge in [0.25, 0.3) is 0 Å². The van der Waals surface area contributed by atoms with Crippen molar-refractivity contribution in [1.29, 1.82) is 0 Å². The van der Waals surface area contributed by atoms with Crippen molar-refractivity contribution >= 4 is 27.9 Å². The van der Waals surface area contributed by atoms with E-state index in [-0.39, 0.29) is 11.9 Å². The van der Waals surface area contributed by atoms with Crippen LogP contribution in [0.5, 0.6) is 5.75 Å². The lowest BCUT2D eigenvalue weighted by atomic mass is 10.1.